The van der Waals surface area contributed by atoms with Crippen LogP contribution in [0.3, 0.4) is 0 Å². The summed E-state index contributed by atoms with van der Waals surface area (Å²) < 4.78 is 15.6. The van der Waals surface area contributed by atoms with Gasteiger partial charge >= 0.3 is 12.1 Å². The molecular weight excluding hydrogens is 286 g/mol. The van der Waals surface area contributed by atoms with Crippen LogP contribution < -0.4 is 10.1 Å². The molecule has 0 atom stereocenters. The van der Waals surface area contributed by atoms with Crippen LogP contribution >= 0.6 is 0 Å². The molecule has 0 saturated heterocycles. The molecule has 0 radical (unpaired) electrons. The van der Waals surface area contributed by atoms with Crippen molar-refractivity contribution in [1.29, 1.82) is 0 Å². The highest BCUT2D eigenvalue weighted by Gasteiger charge is 2.18. The van der Waals surface area contributed by atoms with Crippen molar-refractivity contribution in [2.24, 2.45) is 0 Å². The van der Waals surface area contributed by atoms with Crippen molar-refractivity contribution in [2.75, 3.05) is 18.5 Å². The van der Waals surface area contributed by atoms with Crippen LogP contribution in [0, 0.1) is 0 Å². The van der Waals surface area contributed by atoms with Crippen LogP contribution in [0.5, 0.6) is 5.75 Å². The lowest BCUT2D eigenvalue weighted by molar-refractivity contribution is 0.0525. The smallest absolute Gasteiger partial charge is 0.412 e. The first-order valence-corrected chi connectivity index (χ1v) is 7.20. The molecule has 1 aromatic carbocycles. The number of hydrogen-bond donors (Lipinski definition) is 1. The number of anilines is 1. The number of esters is 1. The molecule has 0 saturated carbocycles. The first-order chi connectivity index (χ1) is 10.3. The number of nitrogens with one attached hydrogen (secondary N) is 1. The summed E-state index contributed by atoms with van der Waals surface area (Å²) in [5, 5.41) is 2.61. The standard InChI is InChI=1S/C16H23NO5/c1-6-20-13-10-11(14(18)21-7-2)8-9-12(13)17-15(19)22-16(3,4)5/h8-10H,6-7H2,1-5H3,(H,17,19). The SMILES string of the molecule is CCOC(=O)c1ccc(NC(=O)OC(C)(C)C)c(OCC)c1. The van der Waals surface area contributed by atoms with Crippen molar-refractivity contribution in [2.45, 2.75) is 40.2 Å². The number of ether oxygens (including phenoxy) is 3. The molecule has 22 heavy (non-hydrogen) atoms. The molecular formula is C16H23NO5. The van der Waals surface area contributed by atoms with E-state index in [0.29, 0.717) is 30.2 Å². The first-order valence-electron chi connectivity index (χ1n) is 7.20. The fourth-order valence-corrected chi connectivity index (χ4v) is 1.66. The molecule has 0 bridgehead atoms. The van der Waals surface area contributed by atoms with Gasteiger partial charge in [-0.05, 0) is 52.8 Å². The lowest BCUT2D eigenvalue weighted by Gasteiger charge is -2.20. The summed E-state index contributed by atoms with van der Waals surface area (Å²) in [6.07, 6.45) is -0.586. The van der Waals surface area contributed by atoms with Gasteiger partial charge in [0.05, 0.1) is 24.5 Å². The third-order valence-electron chi connectivity index (χ3n) is 2.43. The van der Waals surface area contributed by atoms with Gasteiger partial charge in [0.1, 0.15) is 11.4 Å². The number of hydrogen-bond acceptors (Lipinski definition) is 5. The molecule has 0 fully saturated rings. The van der Waals surface area contributed by atoms with Crippen LogP contribution in [0.4, 0.5) is 10.5 Å². The van der Waals surface area contributed by atoms with Crippen molar-refractivity contribution in [1.82, 2.24) is 0 Å². The second-order valence-electron chi connectivity index (χ2n) is 5.49. The van der Waals surface area contributed by atoms with Gasteiger partial charge in [-0.25, -0.2) is 9.59 Å². The Kier molecular flexibility index (Phi) is 6.22. The minimum Gasteiger partial charge on any atom is -0.492 e. The summed E-state index contributed by atoms with van der Waals surface area (Å²) in [6.45, 7) is 9.57. The third kappa shape index (κ3) is 5.63. The van der Waals surface area contributed by atoms with Crippen LogP contribution in [-0.2, 0) is 9.47 Å². The van der Waals surface area contributed by atoms with Crippen molar-refractivity contribution in [3.8, 4) is 5.75 Å². The van der Waals surface area contributed by atoms with E-state index in [1.807, 2.05) is 6.92 Å². The Bertz CT molecular complexity index is 534. The molecule has 0 aliphatic rings. The van der Waals surface area contributed by atoms with Crippen molar-refractivity contribution in [3.05, 3.63) is 23.8 Å². The fourth-order valence-electron chi connectivity index (χ4n) is 1.66. The Hall–Kier alpha value is -2.24. The predicted octanol–water partition coefficient (Wildman–Crippen LogP) is 3.61. The van der Waals surface area contributed by atoms with E-state index in [9.17, 15) is 9.59 Å². The molecule has 0 aromatic heterocycles. The molecule has 122 valence electrons. The van der Waals surface area contributed by atoms with Crippen LogP contribution in [0.25, 0.3) is 0 Å². The normalized spacial score (nSPS) is 10.8. The van der Waals surface area contributed by atoms with Crippen LogP contribution in [0.15, 0.2) is 18.2 Å². The number of benzene rings is 1. The molecule has 0 aliphatic carbocycles. The molecule has 0 heterocycles. The molecule has 1 rings (SSSR count). The molecule has 6 nitrogen and oxygen atoms in total. The van der Waals surface area contributed by atoms with Gasteiger partial charge < -0.3 is 14.2 Å². The van der Waals surface area contributed by atoms with Gasteiger partial charge in [-0.15, -0.1) is 0 Å². The Morgan fingerprint density at radius 1 is 1.14 bits per heavy atom. The zero-order valence-corrected chi connectivity index (χ0v) is 13.7. The van der Waals surface area contributed by atoms with Gasteiger partial charge in [0.2, 0.25) is 0 Å². The average Bonchev–Trinajstić information content (AvgIpc) is 2.39. The quantitative estimate of drug-likeness (QED) is 0.841. The van der Waals surface area contributed by atoms with Crippen molar-refractivity contribution >= 4 is 17.7 Å². The van der Waals surface area contributed by atoms with Gasteiger partial charge in [0, 0.05) is 0 Å². The molecule has 1 N–H and O–H groups in total. The van der Waals surface area contributed by atoms with Gasteiger partial charge in [-0.1, -0.05) is 0 Å². The molecule has 0 unspecified atom stereocenters. The molecule has 1 aromatic rings. The van der Waals surface area contributed by atoms with Crippen molar-refractivity contribution < 1.29 is 23.8 Å². The summed E-state index contributed by atoms with van der Waals surface area (Å²) in [5.74, 6) is -0.0498. The largest absolute Gasteiger partial charge is 0.492 e. The highest BCUT2D eigenvalue weighted by molar-refractivity contribution is 5.93. The van der Waals surface area contributed by atoms with E-state index >= 15 is 0 Å². The number of carbonyl (C=O) groups excluding carboxylic acids is 2. The topological polar surface area (TPSA) is 73.9 Å². The zero-order valence-electron chi connectivity index (χ0n) is 13.7. The second-order valence-corrected chi connectivity index (χ2v) is 5.49. The summed E-state index contributed by atoms with van der Waals surface area (Å²) in [4.78, 5) is 23.6. The lowest BCUT2D eigenvalue weighted by Crippen LogP contribution is -2.27. The first kappa shape index (κ1) is 17.8. The van der Waals surface area contributed by atoms with Crippen LogP contribution in [0.2, 0.25) is 0 Å². The summed E-state index contributed by atoms with van der Waals surface area (Å²) in [5.41, 5.74) is 0.199. The van der Waals surface area contributed by atoms with Gasteiger partial charge in [0.15, 0.2) is 0 Å². The van der Waals surface area contributed by atoms with E-state index in [-0.39, 0.29) is 0 Å². The number of rotatable bonds is 5. The van der Waals surface area contributed by atoms with Gasteiger partial charge in [-0.3, -0.25) is 5.32 Å². The highest BCUT2D eigenvalue weighted by atomic mass is 16.6. The third-order valence-corrected chi connectivity index (χ3v) is 2.43. The Balaban J connectivity index is 2.94. The minimum absolute atomic E-state index is 0.292. The van der Waals surface area contributed by atoms with Crippen LogP contribution in [0.1, 0.15) is 45.0 Å². The van der Waals surface area contributed by atoms with Crippen LogP contribution in [-0.4, -0.2) is 30.9 Å². The molecule has 1 amide bonds. The monoisotopic (exact) mass is 309 g/mol. The Labute approximate surface area is 130 Å². The second kappa shape index (κ2) is 7.68. The van der Waals surface area contributed by atoms with E-state index in [1.165, 1.54) is 6.07 Å². The average molecular weight is 309 g/mol. The maximum atomic E-state index is 11.8. The summed E-state index contributed by atoms with van der Waals surface area (Å²) in [7, 11) is 0. The summed E-state index contributed by atoms with van der Waals surface area (Å²) >= 11 is 0. The highest BCUT2D eigenvalue weighted by Crippen LogP contribution is 2.27. The molecule has 0 spiro atoms. The van der Waals surface area contributed by atoms with E-state index in [4.69, 9.17) is 14.2 Å². The number of amides is 1. The number of carbonyl (C=O) groups is 2. The van der Waals surface area contributed by atoms with E-state index in [0.717, 1.165) is 0 Å². The fraction of sp³-hybridized carbons (Fsp3) is 0.500. The summed E-state index contributed by atoms with van der Waals surface area (Å²) in [6, 6.07) is 4.68. The predicted molar refractivity (Wildman–Crippen MR) is 83.4 cm³/mol. The Morgan fingerprint density at radius 3 is 2.36 bits per heavy atom. The molecule has 6 heteroatoms. The van der Waals surface area contributed by atoms with Crippen molar-refractivity contribution in [3.63, 3.8) is 0 Å². The van der Waals surface area contributed by atoms with E-state index in [2.05, 4.69) is 5.32 Å². The van der Waals surface area contributed by atoms with Gasteiger partial charge in [-0.2, -0.15) is 0 Å². The maximum Gasteiger partial charge on any atom is 0.412 e. The lowest BCUT2D eigenvalue weighted by atomic mass is 10.2. The zero-order chi connectivity index (χ0) is 16.8. The molecule has 0 aliphatic heterocycles. The minimum atomic E-state index is -0.596. The van der Waals surface area contributed by atoms with E-state index in [1.54, 1.807) is 39.8 Å². The van der Waals surface area contributed by atoms with E-state index < -0.39 is 17.7 Å². The Morgan fingerprint density at radius 2 is 1.82 bits per heavy atom. The maximum absolute atomic E-state index is 11.8. The van der Waals surface area contributed by atoms with Gasteiger partial charge in [0.25, 0.3) is 0 Å².